The van der Waals surface area contributed by atoms with Crippen LogP contribution in [0.25, 0.3) is 22.2 Å². The molecule has 2 aromatic carbocycles. The second-order valence-corrected chi connectivity index (χ2v) is 6.54. The first-order chi connectivity index (χ1) is 14.1. The van der Waals surface area contributed by atoms with E-state index in [0.29, 0.717) is 33.8 Å². The Balaban J connectivity index is 1.56. The van der Waals surface area contributed by atoms with Gasteiger partial charge in [0.05, 0.1) is 15.9 Å². The van der Waals surface area contributed by atoms with E-state index in [0.717, 1.165) is 0 Å². The van der Waals surface area contributed by atoms with Crippen molar-refractivity contribution in [3.63, 3.8) is 0 Å². The van der Waals surface area contributed by atoms with Crippen molar-refractivity contribution in [3.8, 4) is 11.3 Å². The van der Waals surface area contributed by atoms with E-state index in [2.05, 4.69) is 21.0 Å². The molecule has 4 rings (SSSR count). The van der Waals surface area contributed by atoms with Crippen molar-refractivity contribution in [1.82, 2.24) is 20.1 Å². The van der Waals surface area contributed by atoms with Gasteiger partial charge >= 0.3 is 0 Å². The van der Waals surface area contributed by atoms with Crippen molar-refractivity contribution < 1.29 is 9.32 Å². The summed E-state index contributed by atoms with van der Waals surface area (Å²) in [7, 11) is 0. The van der Waals surface area contributed by atoms with E-state index >= 15 is 0 Å². The van der Waals surface area contributed by atoms with E-state index < -0.39 is 5.91 Å². The Kier molecular flexibility index (Phi) is 5.01. The monoisotopic (exact) mass is 409 g/mol. The standard InChI is InChI=1S/C20H16ClN5O3/c1-2-26-19(28)13-8-4-6-10-15(13)22-20(26)24-23-18(27)16-11-17(29-25-16)12-7-3-5-9-14(12)21/h3-11H,2H2,1H3,(H,22,24)(H,23,27). The highest BCUT2D eigenvalue weighted by Gasteiger charge is 2.16. The fourth-order valence-corrected chi connectivity index (χ4v) is 3.13. The Labute approximate surface area is 170 Å². The predicted molar refractivity (Wildman–Crippen MR) is 110 cm³/mol. The predicted octanol–water partition coefficient (Wildman–Crippen LogP) is 3.48. The molecule has 146 valence electrons. The Hall–Kier alpha value is -3.65. The van der Waals surface area contributed by atoms with Crippen molar-refractivity contribution in [2.24, 2.45) is 0 Å². The molecule has 0 atom stereocenters. The Morgan fingerprint density at radius 1 is 1.17 bits per heavy atom. The number of benzene rings is 2. The van der Waals surface area contributed by atoms with Crippen LogP contribution in [0.5, 0.6) is 0 Å². The molecule has 9 heteroatoms. The normalized spacial score (nSPS) is 10.8. The van der Waals surface area contributed by atoms with Gasteiger partial charge in [0.2, 0.25) is 5.95 Å². The lowest BCUT2D eigenvalue weighted by Crippen LogP contribution is -2.34. The molecule has 2 heterocycles. The molecule has 0 radical (unpaired) electrons. The first-order valence-electron chi connectivity index (χ1n) is 8.86. The Morgan fingerprint density at radius 2 is 1.93 bits per heavy atom. The summed E-state index contributed by atoms with van der Waals surface area (Å²) in [5.41, 5.74) is 6.21. The van der Waals surface area contributed by atoms with Gasteiger partial charge in [-0.25, -0.2) is 4.98 Å². The summed E-state index contributed by atoms with van der Waals surface area (Å²) in [4.78, 5) is 29.5. The zero-order valence-corrected chi connectivity index (χ0v) is 16.1. The molecule has 0 fully saturated rings. The average molecular weight is 410 g/mol. The minimum absolute atomic E-state index is 0.0543. The van der Waals surface area contributed by atoms with Gasteiger partial charge in [0.25, 0.3) is 11.5 Å². The largest absolute Gasteiger partial charge is 0.355 e. The molecule has 0 saturated carbocycles. The number of anilines is 1. The van der Waals surface area contributed by atoms with Crippen LogP contribution in [0, 0.1) is 0 Å². The summed E-state index contributed by atoms with van der Waals surface area (Å²) in [5, 5.41) is 4.78. The fraction of sp³-hybridized carbons (Fsp3) is 0.100. The van der Waals surface area contributed by atoms with Gasteiger partial charge in [-0.05, 0) is 31.2 Å². The topological polar surface area (TPSA) is 102 Å². The number of halogens is 1. The van der Waals surface area contributed by atoms with Gasteiger partial charge in [-0.2, -0.15) is 0 Å². The summed E-state index contributed by atoms with van der Waals surface area (Å²) < 4.78 is 6.66. The maximum absolute atomic E-state index is 12.6. The SMILES string of the molecule is CCn1c(NNC(=O)c2cc(-c3ccccc3Cl)on2)nc2ccccc2c1=O. The van der Waals surface area contributed by atoms with E-state index in [4.69, 9.17) is 16.1 Å². The summed E-state index contributed by atoms with van der Waals surface area (Å²) in [6, 6.07) is 15.6. The van der Waals surface area contributed by atoms with Crippen LogP contribution in [-0.4, -0.2) is 20.6 Å². The zero-order chi connectivity index (χ0) is 20.4. The van der Waals surface area contributed by atoms with Gasteiger partial charge in [0, 0.05) is 18.2 Å². The van der Waals surface area contributed by atoms with Crippen LogP contribution >= 0.6 is 11.6 Å². The third-order valence-corrected chi connectivity index (χ3v) is 4.68. The summed E-state index contributed by atoms with van der Waals surface area (Å²) in [5.74, 6) is 0.0477. The van der Waals surface area contributed by atoms with Crippen molar-refractivity contribution in [3.05, 3.63) is 75.7 Å². The number of hydrazine groups is 1. The lowest BCUT2D eigenvalue weighted by atomic mass is 10.1. The molecule has 8 nitrogen and oxygen atoms in total. The molecular weight excluding hydrogens is 394 g/mol. The Morgan fingerprint density at radius 3 is 2.72 bits per heavy atom. The van der Waals surface area contributed by atoms with Gasteiger partial charge in [-0.15, -0.1) is 0 Å². The molecular formula is C20H16ClN5O3. The van der Waals surface area contributed by atoms with E-state index in [9.17, 15) is 9.59 Å². The first-order valence-corrected chi connectivity index (χ1v) is 9.24. The molecule has 4 aromatic rings. The maximum atomic E-state index is 12.6. The highest BCUT2D eigenvalue weighted by atomic mass is 35.5. The summed E-state index contributed by atoms with van der Waals surface area (Å²) >= 11 is 6.14. The maximum Gasteiger partial charge on any atom is 0.291 e. The number of carbonyl (C=O) groups is 1. The second kappa shape index (κ2) is 7.76. The number of aromatic nitrogens is 3. The number of carbonyl (C=O) groups excluding carboxylic acids is 1. The van der Waals surface area contributed by atoms with Crippen LogP contribution in [0.2, 0.25) is 5.02 Å². The molecule has 29 heavy (non-hydrogen) atoms. The smallest absolute Gasteiger partial charge is 0.291 e. The van der Waals surface area contributed by atoms with Crippen molar-refractivity contribution in [1.29, 1.82) is 0 Å². The van der Waals surface area contributed by atoms with Crippen molar-refractivity contribution >= 4 is 34.4 Å². The molecule has 1 amide bonds. The van der Waals surface area contributed by atoms with E-state index in [-0.39, 0.29) is 17.2 Å². The lowest BCUT2D eigenvalue weighted by Gasteiger charge is -2.13. The van der Waals surface area contributed by atoms with Gasteiger partial charge in [-0.1, -0.05) is 41.0 Å². The minimum Gasteiger partial charge on any atom is -0.355 e. The van der Waals surface area contributed by atoms with Crippen molar-refractivity contribution in [2.75, 3.05) is 5.43 Å². The van der Waals surface area contributed by atoms with Crippen LogP contribution in [-0.2, 0) is 6.54 Å². The van der Waals surface area contributed by atoms with Crippen LogP contribution in [0.15, 0.2) is 63.9 Å². The minimum atomic E-state index is -0.544. The number of para-hydroxylation sites is 1. The number of rotatable bonds is 5. The number of nitrogens with zero attached hydrogens (tertiary/aromatic N) is 3. The molecule has 2 aromatic heterocycles. The molecule has 0 aliphatic rings. The molecule has 0 aliphatic heterocycles. The highest BCUT2D eigenvalue weighted by Crippen LogP contribution is 2.27. The molecule has 0 spiro atoms. The van der Waals surface area contributed by atoms with E-state index in [1.54, 1.807) is 48.5 Å². The molecule has 0 unspecified atom stereocenters. The second-order valence-electron chi connectivity index (χ2n) is 6.14. The van der Waals surface area contributed by atoms with Gasteiger partial charge in [0.1, 0.15) is 0 Å². The number of fused-ring (bicyclic) bond motifs is 1. The lowest BCUT2D eigenvalue weighted by molar-refractivity contribution is 0.0953. The molecule has 0 aliphatic carbocycles. The summed E-state index contributed by atoms with van der Waals surface area (Å²) in [6.45, 7) is 2.20. The van der Waals surface area contributed by atoms with Crippen molar-refractivity contribution in [2.45, 2.75) is 13.5 Å². The number of amides is 1. The van der Waals surface area contributed by atoms with Crippen LogP contribution in [0.4, 0.5) is 5.95 Å². The van der Waals surface area contributed by atoms with Crippen LogP contribution < -0.4 is 16.4 Å². The van der Waals surface area contributed by atoms with E-state index in [1.807, 2.05) is 6.92 Å². The first kappa shape index (κ1) is 18.7. The van der Waals surface area contributed by atoms with Gasteiger partial charge in [0.15, 0.2) is 11.5 Å². The van der Waals surface area contributed by atoms with Gasteiger partial charge in [-0.3, -0.25) is 25.0 Å². The number of nitrogens with one attached hydrogen (secondary N) is 2. The Bertz CT molecular complexity index is 1260. The molecule has 0 saturated heterocycles. The fourth-order valence-electron chi connectivity index (χ4n) is 2.90. The quantitative estimate of drug-likeness (QED) is 0.489. The highest BCUT2D eigenvalue weighted by molar-refractivity contribution is 6.33. The third-order valence-electron chi connectivity index (χ3n) is 4.35. The average Bonchev–Trinajstić information content (AvgIpc) is 3.22. The van der Waals surface area contributed by atoms with Gasteiger partial charge < -0.3 is 4.52 Å². The van der Waals surface area contributed by atoms with E-state index in [1.165, 1.54) is 10.6 Å². The number of hydrogen-bond donors (Lipinski definition) is 2. The summed E-state index contributed by atoms with van der Waals surface area (Å²) in [6.07, 6.45) is 0. The van der Waals surface area contributed by atoms with Crippen LogP contribution in [0.3, 0.4) is 0 Å². The molecule has 2 N–H and O–H groups in total. The third kappa shape index (κ3) is 3.57. The zero-order valence-electron chi connectivity index (χ0n) is 15.3. The van der Waals surface area contributed by atoms with Crippen LogP contribution in [0.1, 0.15) is 17.4 Å². The molecule has 0 bridgehead atoms. The number of hydrogen-bond acceptors (Lipinski definition) is 6.